The number of primary sulfonamides is 1. The predicted molar refractivity (Wildman–Crippen MR) is 84.9 cm³/mol. The molecule has 2 fully saturated rings. The van der Waals surface area contributed by atoms with Crippen LogP contribution < -0.4 is 10.5 Å². The summed E-state index contributed by atoms with van der Waals surface area (Å²) >= 11 is 0. The molecular weight excluding hydrogens is 300 g/mol. The Kier molecular flexibility index (Phi) is 3.38. The van der Waals surface area contributed by atoms with E-state index >= 15 is 0 Å². The molecule has 2 saturated carbocycles. The Morgan fingerprint density at radius 2 is 1.91 bits per heavy atom. The molecule has 1 aromatic carbocycles. The molecule has 6 heteroatoms. The fourth-order valence-electron chi connectivity index (χ4n) is 4.20. The lowest BCUT2D eigenvalue weighted by Crippen LogP contribution is -2.42. The number of sulfonamides is 1. The van der Waals surface area contributed by atoms with Crippen LogP contribution in [0.25, 0.3) is 0 Å². The van der Waals surface area contributed by atoms with E-state index in [1.807, 2.05) is 0 Å². The summed E-state index contributed by atoms with van der Waals surface area (Å²) in [6.45, 7) is 4.99. The molecular formula is C16H22N2O3S. The summed E-state index contributed by atoms with van der Waals surface area (Å²) in [5.74, 6) is 0.856. The fraction of sp³-hybridized carbons (Fsp3) is 0.562. The van der Waals surface area contributed by atoms with Gasteiger partial charge in [-0.3, -0.25) is 4.79 Å². The number of nitrogens with one attached hydrogen (secondary N) is 1. The van der Waals surface area contributed by atoms with Crippen LogP contribution in [-0.4, -0.2) is 20.7 Å². The van der Waals surface area contributed by atoms with Crippen molar-refractivity contribution in [2.45, 2.75) is 38.0 Å². The second kappa shape index (κ2) is 4.80. The number of anilines is 1. The highest BCUT2D eigenvalue weighted by atomic mass is 32.2. The van der Waals surface area contributed by atoms with Crippen molar-refractivity contribution in [3.05, 3.63) is 24.3 Å². The number of carbonyl (C=O) groups is 1. The van der Waals surface area contributed by atoms with E-state index in [-0.39, 0.29) is 15.7 Å². The summed E-state index contributed by atoms with van der Waals surface area (Å²) in [7, 11) is -3.67. The Bertz CT molecular complexity index is 709. The van der Waals surface area contributed by atoms with Crippen molar-refractivity contribution >= 4 is 21.5 Å². The number of nitrogens with two attached hydrogens (primary N) is 1. The van der Waals surface area contributed by atoms with Gasteiger partial charge in [-0.05, 0) is 48.4 Å². The van der Waals surface area contributed by atoms with Gasteiger partial charge in [-0.15, -0.1) is 0 Å². The molecule has 120 valence electrons. The van der Waals surface area contributed by atoms with Crippen LogP contribution in [0, 0.1) is 16.7 Å². The zero-order valence-corrected chi connectivity index (χ0v) is 13.7. The zero-order valence-electron chi connectivity index (χ0n) is 12.9. The minimum atomic E-state index is -3.67. The molecule has 5 nitrogen and oxygen atoms in total. The molecule has 0 aromatic heterocycles. The first-order valence-electron chi connectivity index (χ1n) is 7.57. The molecule has 2 unspecified atom stereocenters. The fourth-order valence-corrected chi connectivity index (χ4v) is 4.72. The standard InChI is InChI=1S/C16H22N2O3S/c1-15(2)11-7-8-16(15,14(19)9-11)10-18-12-3-5-13(6-4-12)22(17,20)21/h3-6,11,18H,7-10H2,1-2H3,(H2,17,20,21). The molecule has 0 spiro atoms. The van der Waals surface area contributed by atoms with E-state index in [9.17, 15) is 13.2 Å². The van der Waals surface area contributed by atoms with E-state index in [2.05, 4.69) is 19.2 Å². The first-order valence-corrected chi connectivity index (χ1v) is 9.11. The lowest BCUT2D eigenvalue weighted by molar-refractivity contribution is -0.128. The van der Waals surface area contributed by atoms with Gasteiger partial charge in [0, 0.05) is 18.7 Å². The molecule has 1 aromatic rings. The normalized spacial score (nSPS) is 29.8. The summed E-state index contributed by atoms with van der Waals surface area (Å²) in [5.41, 5.74) is 0.536. The van der Waals surface area contributed by atoms with E-state index in [4.69, 9.17) is 5.14 Å². The molecule has 0 aliphatic heterocycles. The van der Waals surface area contributed by atoms with Crippen LogP contribution in [0.15, 0.2) is 29.2 Å². The number of ketones is 1. The van der Waals surface area contributed by atoms with Crippen molar-refractivity contribution in [1.29, 1.82) is 0 Å². The molecule has 0 heterocycles. The molecule has 2 bridgehead atoms. The number of rotatable bonds is 4. The van der Waals surface area contributed by atoms with Crippen molar-refractivity contribution in [2.75, 3.05) is 11.9 Å². The molecule has 0 radical (unpaired) electrons. The van der Waals surface area contributed by atoms with Crippen LogP contribution in [-0.2, 0) is 14.8 Å². The first kappa shape index (κ1) is 15.5. The van der Waals surface area contributed by atoms with E-state index in [1.54, 1.807) is 12.1 Å². The summed E-state index contributed by atoms with van der Waals surface area (Å²) < 4.78 is 22.5. The maximum absolute atomic E-state index is 12.4. The third-order valence-corrected chi connectivity index (χ3v) is 6.85. The second-order valence-electron chi connectivity index (χ2n) is 7.09. The third kappa shape index (κ3) is 2.16. The lowest BCUT2D eigenvalue weighted by Gasteiger charge is -2.37. The van der Waals surface area contributed by atoms with Crippen LogP contribution in [0.4, 0.5) is 5.69 Å². The smallest absolute Gasteiger partial charge is 0.238 e. The second-order valence-corrected chi connectivity index (χ2v) is 8.65. The number of hydrogen-bond acceptors (Lipinski definition) is 4. The lowest BCUT2D eigenvalue weighted by atomic mass is 9.69. The van der Waals surface area contributed by atoms with Gasteiger partial charge in [-0.2, -0.15) is 0 Å². The minimum Gasteiger partial charge on any atom is -0.384 e. The number of benzene rings is 1. The quantitative estimate of drug-likeness (QED) is 0.889. The van der Waals surface area contributed by atoms with E-state index < -0.39 is 10.0 Å². The molecule has 3 rings (SSSR count). The van der Waals surface area contributed by atoms with Crippen molar-refractivity contribution in [3.8, 4) is 0 Å². The summed E-state index contributed by atoms with van der Waals surface area (Å²) in [5, 5.41) is 8.40. The van der Waals surface area contributed by atoms with Crippen molar-refractivity contribution < 1.29 is 13.2 Å². The monoisotopic (exact) mass is 322 g/mol. The number of fused-ring (bicyclic) bond motifs is 2. The van der Waals surface area contributed by atoms with Gasteiger partial charge in [0.05, 0.1) is 10.3 Å². The number of Topliss-reactive ketones (excluding diaryl/α,β-unsaturated/α-hetero) is 1. The summed E-state index contributed by atoms with van der Waals surface area (Å²) in [6.07, 6.45) is 2.75. The van der Waals surface area contributed by atoms with Crippen LogP contribution >= 0.6 is 0 Å². The third-order valence-electron chi connectivity index (χ3n) is 5.92. The van der Waals surface area contributed by atoms with Gasteiger partial charge >= 0.3 is 0 Å². The zero-order chi connectivity index (χ0) is 16.2. The maximum atomic E-state index is 12.4. The topological polar surface area (TPSA) is 89.3 Å². The van der Waals surface area contributed by atoms with Crippen molar-refractivity contribution in [3.63, 3.8) is 0 Å². The van der Waals surface area contributed by atoms with Crippen LogP contribution in [0.1, 0.15) is 33.1 Å². The van der Waals surface area contributed by atoms with Gasteiger partial charge in [-0.25, -0.2) is 13.6 Å². The molecule has 2 aliphatic rings. The Labute approximate surface area is 131 Å². The van der Waals surface area contributed by atoms with E-state index in [1.165, 1.54) is 12.1 Å². The van der Waals surface area contributed by atoms with Crippen LogP contribution in [0.3, 0.4) is 0 Å². The van der Waals surface area contributed by atoms with Gasteiger partial charge in [-0.1, -0.05) is 13.8 Å². The SMILES string of the molecule is CC1(C)C2CCC1(CNc1ccc(S(N)(=O)=O)cc1)C(=O)C2. The van der Waals surface area contributed by atoms with Crippen LogP contribution in [0.2, 0.25) is 0 Å². The van der Waals surface area contributed by atoms with Crippen LogP contribution in [0.5, 0.6) is 0 Å². The Balaban J connectivity index is 1.77. The van der Waals surface area contributed by atoms with E-state index in [0.717, 1.165) is 18.5 Å². The van der Waals surface area contributed by atoms with Gasteiger partial charge in [0.15, 0.2) is 0 Å². The number of hydrogen-bond donors (Lipinski definition) is 2. The molecule has 3 N–H and O–H groups in total. The van der Waals surface area contributed by atoms with Crippen molar-refractivity contribution in [2.24, 2.45) is 21.9 Å². The highest BCUT2D eigenvalue weighted by molar-refractivity contribution is 7.89. The van der Waals surface area contributed by atoms with E-state index in [0.29, 0.717) is 24.7 Å². The molecule has 22 heavy (non-hydrogen) atoms. The highest BCUT2D eigenvalue weighted by Gasteiger charge is 2.63. The van der Waals surface area contributed by atoms with Gasteiger partial charge in [0.25, 0.3) is 0 Å². The maximum Gasteiger partial charge on any atom is 0.238 e. The molecule has 0 saturated heterocycles. The van der Waals surface area contributed by atoms with Crippen molar-refractivity contribution in [1.82, 2.24) is 0 Å². The predicted octanol–water partition coefficient (Wildman–Crippen LogP) is 2.14. The average Bonchev–Trinajstić information content (AvgIpc) is 2.79. The average molecular weight is 322 g/mol. The minimum absolute atomic E-state index is 0.0254. The Hall–Kier alpha value is -1.40. The Morgan fingerprint density at radius 1 is 1.27 bits per heavy atom. The molecule has 2 aliphatic carbocycles. The van der Waals surface area contributed by atoms with Gasteiger partial charge in [0.2, 0.25) is 10.0 Å². The first-order chi connectivity index (χ1) is 10.2. The molecule has 2 atom stereocenters. The highest BCUT2D eigenvalue weighted by Crippen LogP contribution is 2.63. The van der Waals surface area contributed by atoms with Gasteiger partial charge < -0.3 is 5.32 Å². The number of carbonyl (C=O) groups excluding carboxylic acids is 1. The summed E-state index contributed by atoms with van der Waals surface area (Å²) in [6, 6.07) is 6.34. The van der Waals surface area contributed by atoms with Gasteiger partial charge in [0.1, 0.15) is 5.78 Å². The largest absolute Gasteiger partial charge is 0.384 e. The Morgan fingerprint density at radius 3 is 2.36 bits per heavy atom. The molecule has 0 amide bonds. The summed E-state index contributed by atoms with van der Waals surface area (Å²) in [4.78, 5) is 12.5.